The summed E-state index contributed by atoms with van der Waals surface area (Å²) >= 11 is 0. The number of sulfonamides is 1. The number of fused-ring (bicyclic) bond motifs is 1. The zero-order valence-corrected chi connectivity index (χ0v) is 14.5. The average molecular weight is 366 g/mol. The number of rotatable bonds is 8. The molecule has 0 unspecified atom stereocenters. The third kappa shape index (κ3) is 4.79. The Kier molecular flexibility index (Phi) is 7.23. The zero-order chi connectivity index (χ0) is 16.2. The number of halogens is 1. The Hall–Kier alpha value is -1.39. The quantitative estimate of drug-likeness (QED) is 0.642. The summed E-state index contributed by atoms with van der Waals surface area (Å²) in [6, 6.07) is 4.33. The summed E-state index contributed by atoms with van der Waals surface area (Å²) in [5.74, 6) is -0.528. The van der Waals surface area contributed by atoms with E-state index in [0.29, 0.717) is 25.2 Å². The van der Waals surface area contributed by atoms with Gasteiger partial charge in [0, 0.05) is 39.9 Å². The first kappa shape index (κ1) is 19.7. The van der Waals surface area contributed by atoms with Crippen LogP contribution in [0.15, 0.2) is 32.3 Å². The molecule has 1 aromatic heterocycles. The van der Waals surface area contributed by atoms with Crippen molar-refractivity contribution >= 4 is 33.5 Å². The van der Waals surface area contributed by atoms with E-state index in [1.54, 1.807) is 20.2 Å². The molecule has 1 aromatic carbocycles. The maximum absolute atomic E-state index is 12.2. The van der Waals surface area contributed by atoms with Gasteiger partial charge in [-0.25, -0.2) is 17.9 Å². The van der Waals surface area contributed by atoms with Crippen molar-refractivity contribution in [3.63, 3.8) is 0 Å². The molecule has 2 N–H and O–H groups in total. The van der Waals surface area contributed by atoms with E-state index in [-0.39, 0.29) is 29.4 Å². The summed E-state index contributed by atoms with van der Waals surface area (Å²) in [6.45, 7) is 1.96. The molecule has 0 amide bonds. The number of nitrogens with zero attached hydrogens (tertiary/aromatic N) is 1. The van der Waals surface area contributed by atoms with E-state index in [1.807, 2.05) is 0 Å². The summed E-state index contributed by atoms with van der Waals surface area (Å²) in [5, 5.41) is 3.04. The van der Waals surface area contributed by atoms with Gasteiger partial charge in [-0.1, -0.05) is 0 Å². The van der Waals surface area contributed by atoms with Crippen molar-refractivity contribution in [2.75, 3.05) is 33.4 Å². The topological polar surface area (TPSA) is 103 Å². The van der Waals surface area contributed by atoms with Crippen LogP contribution in [0.1, 0.15) is 0 Å². The number of benzene rings is 1. The zero-order valence-electron chi connectivity index (χ0n) is 12.9. The molecule has 23 heavy (non-hydrogen) atoms. The molecule has 2 rings (SSSR count). The lowest BCUT2D eigenvalue weighted by Gasteiger charge is -2.07. The van der Waals surface area contributed by atoms with E-state index < -0.39 is 15.8 Å². The molecule has 2 aromatic rings. The smallest absolute Gasteiger partial charge is 0.408 e. The van der Waals surface area contributed by atoms with Gasteiger partial charge in [0.25, 0.3) is 0 Å². The second-order valence-electron chi connectivity index (χ2n) is 4.70. The first-order valence-corrected chi connectivity index (χ1v) is 8.23. The van der Waals surface area contributed by atoms with Crippen LogP contribution < -0.4 is 15.8 Å². The molecule has 0 aliphatic heterocycles. The Morgan fingerprint density at radius 3 is 2.70 bits per heavy atom. The van der Waals surface area contributed by atoms with Crippen LogP contribution in [-0.2, 0) is 21.8 Å². The fourth-order valence-electron chi connectivity index (χ4n) is 1.94. The molecule has 0 spiro atoms. The summed E-state index contributed by atoms with van der Waals surface area (Å²) in [4.78, 5) is 11.5. The summed E-state index contributed by atoms with van der Waals surface area (Å²) in [7, 11) is -0.479. The summed E-state index contributed by atoms with van der Waals surface area (Å²) in [5.41, 5.74) is 0.791. The molecule has 0 saturated heterocycles. The molecule has 0 aliphatic rings. The number of aryl methyl sites for hydroxylation is 1. The Bertz CT molecular complexity index is 800. The van der Waals surface area contributed by atoms with E-state index >= 15 is 0 Å². The molecule has 8 nitrogen and oxygen atoms in total. The Labute approximate surface area is 140 Å². The van der Waals surface area contributed by atoms with Gasteiger partial charge in [0.15, 0.2) is 5.58 Å². The predicted molar refractivity (Wildman–Crippen MR) is 88.6 cm³/mol. The van der Waals surface area contributed by atoms with Crippen LogP contribution in [0, 0.1) is 0 Å². The fraction of sp³-hybridized carbons (Fsp3) is 0.462. The lowest BCUT2D eigenvalue weighted by atomic mass is 10.3. The maximum atomic E-state index is 12.2. The Morgan fingerprint density at radius 1 is 1.26 bits per heavy atom. The third-order valence-corrected chi connectivity index (χ3v) is 4.61. The Balaban J connectivity index is 0.00000264. The minimum atomic E-state index is -3.64. The summed E-state index contributed by atoms with van der Waals surface area (Å²) < 4.78 is 38.0. The number of nitrogens with one attached hydrogen (secondary N) is 2. The van der Waals surface area contributed by atoms with Crippen LogP contribution >= 0.6 is 12.4 Å². The average Bonchev–Trinajstić information content (AvgIpc) is 2.77. The highest BCUT2D eigenvalue weighted by atomic mass is 35.5. The number of oxazole rings is 1. The highest BCUT2D eigenvalue weighted by Gasteiger charge is 2.16. The van der Waals surface area contributed by atoms with Crippen LogP contribution in [-0.4, -0.2) is 46.3 Å². The van der Waals surface area contributed by atoms with E-state index in [9.17, 15) is 13.2 Å². The molecule has 1 heterocycles. The monoisotopic (exact) mass is 365 g/mol. The van der Waals surface area contributed by atoms with Crippen molar-refractivity contribution in [2.24, 2.45) is 7.05 Å². The van der Waals surface area contributed by atoms with E-state index in [2.05, 4.69) is 10.0 Å². The van der Waals surface area contributed by atoms with E-state index in [4.69, 9.17) is 9.15 Å². The number of hydrogen-bond acceptors (Lipinski definition) is 6. The highest BCUT2D eigenvalue weighted by Crippen LogP contribution is 2.17. The molecule has 0 radical (unpaired) electrons. The lowest BCUT2D eigenvalue weighted by molar-refractivity contribution is 0.199. The second-order valence-corrected chi connectivity index (χ2v) is 6.46. The normalized spacial score (nSPS) is 11.6. The first-order chi connectivity index (χ1) is 10.5. The molecule has 130 valence electrons. The largest absolute Gasteiger partial charge is 0.419 e. The van der Waals surface area contributed by atoms with E-state index in [0.717, 1.165) is 0 Å². The SMILES string of the molecule is COCCNCCNS(=O)(=O)c1ccc2c(c1)oc(=O)n2C.Cl. The molecular weight excluding hydrogens is 346 g/mol. The molecule has 0 aliphatic carbocycles. The van der Waals surface area contributed by atoms with Crippen molar-refractivity contribution in [3.05, 3.63) is 28.7 Å². The molecule has 0 atom stereocenters. The predicted octanol–water partition coefficient (Wildman–Crippen LogP) is 0.0676. The minimum absolute atomic E-state index is 0. The van der Waals surface area contributed by atoms with Gasteiger partial charge in [0.05, 0.1) is 17.0 Å². The molecule has 10 heteroatoms. The number of methoxy groups -OCH3 is 1. The number of hydrogen-bond donors (Lipinski definition) is 2. The summed E-state index contributed by atoms with van der Waals surface area (Å²) in [6.07, 6.45) is 0. The van der Waals surface area contributed by atoms with Crippen LogP contribution in [0.3, 0.4) is 0 Å². The molecule has 0 bridgehead atoms. The van der Waals surface area contributed by atoms with Gasteiger partial charge in [0.2, 0.25) is 10.0 Å². The Morgan fingerprint density at radius 2 is 2.00 bits per heavy atom. The third-order valence-electron chi connectivity index (χ3n) is 3.15. The highest BCUT2D eigenvalue weighted by molar-refractivity contribution is 7.89. The molecule has 0 fully saturated rings. The number of aromatic nitrogens is 1. The van der Waals surface area contributed by atoms with Crippen LogP contribution in [0.2, 0.25) is 0 Å². The van der Waals surface area contributed by atoms with Gasteiger partial charge in [-0.3, -0.25) is 4.57 Å². The second kappa shape index (κ2) is 8.46. The van der Waals surface area contributed by atoms with Crippen LogP contribution in [0.5, 0.6) is 0 Å². The van der Waals surface area contributed by atoms with Crippen molar-refractivity contribution in [2.45, 2.75) is 4.90 Å². The maximum Gasteiger partial charge on any atom is 0.419 e. The van der Waals surface area contributed by atoms with Gasteiger partial charge < -0.3 is 14.5 Å². The van der Waals surface area contributed by atoms with Crippen molar-refractivity contribution in [3.8, 4) is 0 Å². The lowest BCUT2D eigenvalue weighted by Crippen LogP contribution is -2.33. The first-order valence-electron chi connectivity index (χ1n) is 6.74. The minimum Gasteiger partial charge on any atom is -0.408 e. The van der Waals surface area contributed by atoms with Gasteiger partial charge in [-0.05, 0) is 12.1 Å². The van der Waals surface area contributed by atoms with Gasteiger partial charge in [-0.2, -0.15) is 0 Å². The van der Waals surface area contributed by atoms with Crippen molar-refractivity contribution in [1.82, 2.24) is 14.6 Å². The number of ether oxygens (including phenoxy) is 1. The van der Waals surface area contributed by atoms with Gasteiger partial charge >= 0.3 is 5.76 Å². The molecular formula is C13H20ClN3O5S. The standard InChI is InChI=1S/C13H19N3O5S.ClH/c1-16-11-4-3-10(9-12(11)21-13(16)17)22(18,19)15-6-5-14-7-8-20-2;/h3-4,9,14-15H,5-8H2,1-2H3;1H. The van der Waals surface area contributed by atoms with E-state index in [1.165, 1.54) is 16.7 Å². The van der Waals surface area contributed by atoms with Gasteiger partial charge in [-0.15, -0.1) is 12.4 Å². The van der Waals surface area contributed by atoms with Crippen LogP contribution in [0.4, 0.5) is 0 Å². The molecule has 0 saturated carbocycles. The fourth-order valence-corrected chi connectivity index (χ4v) is 2.98. The van der Waals surface area contributed by atoms with Crippen molar-refractivity contribution in [1.29, 1.82) is 0 Å². The van der Waals surface area contributed by atoms with Crippen LogP contribution in [0.25, 0.3) is 11.1 Å². The van der Waals surface area contributed by atoms with Gasteiger partial charge in [0.1, 0.15) is 0 Å². The van der Waals surface area contributed by atoms with Crippen molar-refractivity contribution < 1.29 is 17.6 Å².